The van der Waals surface area contributed by atoms with E-state index in [-0.39, 0.29) is 12.1 Å². The van der Waals surface area contributed by atoms with Crippen LogP contribution in [0.25, 0.3) is 11.3 Å². The van der Waals surface area contributed by atoms with Crippen molar-refractivity contribution in [3.05, 3.63) is 23.9 Å². The SMILES string of the molecule is COc1ccc(-c2n[nH]c(C)c2NC(=O)NC(C)C)cc1OC. The molecule has 0 spiro atoms. The van der Waals surface area contributed by atoms with Crippen LogP contribution in [0.4, 0.5) is 10.5 Å². The predicted molar refractivity (Wildman–Crippen MR) is 89.2 cm³/mol. The van der Waals surface area contributed by atoms with Crippen LogP contribution in [-0.2, 0) is 0 Å². The van der Waals surface area contributed by atoms with E-state index in [9.17, 15) is 4.79 Å². The summed E-state index contributed by atoms with van der Waals surface area (Å²) in [6, 6.07) is 5.26. The molecule has 2 rings (SSSR count). The minimum absolute atomic E-state index is 0.0479. The van der Waals surface area contributed by atoms with Crippen LogP contribution >= 0.6 is 0 Å². The van der Waals surface area contributed by atoms with Crippen molar-refractivity contribution in [2.24, 2.45) is 0 Å². The van der Waals surface area contributed by atoms with Gasteiger partial charge >= 0.3 is 6.03 Å². The number of methoxy groups -OCH3 is 2. The number of aryl methyl sites for hydroxylation is 1. The third kappa shape index (κ3) is 3.74. The van der Waals surface area contributed by atoms with E-state index in [0.29, 0.717) is 22.9 Å². The lowest BCUT2D eigenvalue weighted by Gasteiger charge is -2.12. The summed E-state index contributed by atoms with van der Waals surface area (Å²) in [4.78, 5) is 12.0. The summed E-state index contributed by atoms with van der Waals surface area (Å²) in [6.07, 6.45) is 0. The topological polar surface area (TPSA) is 88.3 Å². The van der Waals surface area contributed by atoms with E-state index >= 15 is 0 Å². The molecule has 23 heavy (non-hydrogen) atoms. The molecule has 0 unspecified atom stereocenters. The number of hydrogen-bond acceptors (Lipinski definition) is 4. The number of urea groups is 1. The van der Waals surface area contributed by atoms with E-state index in [1.807, 2.05) is 32.9 Å². The quantitative estimate of drug-likeness (QED) is 0.791. The van der Waals surface area contributed by atoms with Gasteiger partial charge < -0.3 is 20.1 Å². The molecule has 0 radical (unpaired) electrons. The van der Waals surface area contributed by atoms with E-state index < -0.39 is 0 Å². The first-order valence-electron chi connectivity index (χ1n) is 7.31. The third-order valence-electron chi connectivity index (χ3n) is 3.26. The molecule has 7 nitrogen and oxygen atoms in total. The Morgan fingerprint density at radius 2 is 1.91 bits per heavy atom. The largest absolute Gasteiger partial charge is 0.493 e. The first-order chi connectivity index (χ1) is 11.0. The fourth-order valence-corrected chi connectivity index (χ4v) is 2.19. The zero-order valence-corrected chi connectivity index (χ0v) is 14.0. The van der Waals surface area contributed by atoms with Crippen molar-refractivity contribution in [2.45, 2.75) is 26.8 Å². The number of nitrogens with one attached hydrogen (secondary N) is 3. The summed E-state index contributed by atoms with van der Waals surface area (Å²) in [6.45, 7) is 5.65. The fourth-order valence-electron chi connectivity index (χ4n) is 2.19. The number of nitrogens with zero attached hydrogens (tertiary/aromatic N) is 1. The summed E-state index contributed by atoms with van der Waals surface area (Å²) in [7, 11) is 3.16. The molecular formula is C16H22N4O3. The van der Waals surface area contributed by atoms with Crippen LogP contribution < -0.4 is 20.1 Å². The van der Waals surface area contributed by atoms with Gasteiger partial charge in [0.2, 0.25) is 0 Å². The summed E-state index contributed by atoms with van der Waals surface area (Å²) in [5.41, 5.74) is 2.86. The van der Waals surface area contributed by atoms with Crippen molar-refractivity contribution in [3.63, 3.8) is 0 Å². The first kappa shape index (κ1) is 16.7. The van der Waals surface area contributed by atoms with Crippen LogP contribution in [0.5, 0.6) is 11.5 Å². The monoisotopic (exact) mass is 318 g/mol. The van der Waals surface area contributed by atoms with Gasteiger partial charge in [-0.3, -0.25) is 5.10 Å². The lowest BCUT2D eigenvalue weighted by Crippen LogP contribution is -2.34. The molecule has 7 heteroatoms. The van der Waals surface area contributed by atoms with E-state index in [0.717, 1.165) is 11.3 Å². The molecule has 124 valence electrons. The molecular weight excluding hydrogens is 296 g/mol. The van der Waals surface area contributed by atoms with Crippen molar-refractivity contribution >= 4 is 11.7 Å². The van der Waals surface area contributed by atoms with Crippen LogP contribution in [0.1, 0.15) is 19.5 Å². The summed E-state index contributed by atoms with van der Waals surface area (Å²) < 4.78 is 10.6. The average molecular weight is 318 g/mol. The summed E-state index contributed by atoms with van der Waals surface area (Å²) in [5, 5.41) is 12.8. The van der Waals surface area contributed by atoms with E-state index in [1.165, 1.54) is 0 Å². The predicted octanol–water partition coefficient (Wildman–Crippen LogP) is 2.93. The molecule has 0 bridgehead atoms. The zero-order valence-electron chi connectivity index (χ0n) is 14.0. The number of ether oxygens (including phenoxy) is 2. The van der Waals surface area contributed by atoms with Gasteiger partial charge in [0.25, 0.3) is 0 Å². The normalized spacial score (nSPS) is 10.5. The van der Waals surface area contributed by atoms with Crippen LogP contribution in [0.15, 0.2) is 18.2 Å². The maximum absolute atomic E-state index is 12.0. The van der Waals surface area contributed by atoms with E-state index in [1.54, 1.807) is 20.3 Å². The Hall–Kier alpha value is -2.70. The van der Waals surface area contributed by atoms with Gasteiger partial charge in [0, 0.05) is 11.6 Å². The lowest BCUT2D eigenvalue weighted by molar-refractivity contribution is 0.250. The molecule has 1 heterocycles. The molecule has 0 saturated heterocycles. The standard InChI is InChI=1S/C16H22N4O3/c1-9(2)17-16(21)18-14-10(3)19-20-15(14)11-6-7-12(22-4)13(8-11)23-5/h6-9H,1-5H3,(H,19,20)(H2,17,18,21). The Labute approximate surface area is 135 Å². The molecule has 0 atom stereocenters. The van der Waals surface area contributed by atoms with Crippen LogP contribution in [0, 0.1) is 6.92 Å². The van der Waals surface area contributed by atoms with Crippen LogP contribution in [0.2, 0.25) is 0 Å². The van der Waals surface area contributed by atoms with Gasteiger partial charge in [-0.15, -0.1) is 0 Å². The highest BCUT2D eigenvalue weighted by Crippen LogP contribution is 2.35. The Morgan fingerprint density at radius 1 is 1.22 bits per heavy atom. The highest BCUT2D eigenvalue weighted by atomic mass is 16.5. The molecule has 2 aromatic rings. The highest BCUT2D eigenvalue weighted by molar-refractivity contribution is 5.94. The molecule has 1 aromatic carbocycles. The van der Waals surface area contributed by atoms with Gasteiger partial charge in [-0.05, 0) is 39.0 Å². The summed E-state index contributed by atoms with van der Waals surface area (Å²) in [5.74, 6) is 1.24. The molecule has 2 amide bonds. The highest BCUT2D eigenvalue weighted by Gasteiger charge is 2.17. The van der Waals surface area contributed by atoms with Crippen molar-refractivity contribution in [1.29, 1.82) is 0 Å². The van der Waals surface area contributed by atoms with Gasteiger partial charge in [0.05, 0.1) is 25.6 Å². The van der Waals surface area contributed by atoms with E-state index in [4.69, 9.17) is 9.47 Å². The molecule has 3 N–H and O–H groups in total. The number of benzene rings is 1. The maximum Gasteiger partial charge on any atom is 0.319 e. The van der Waals surface area contributed by atoms with Crippen molar-refractivity contribution < 1.29 is 14.3 Å². The van der Waals surface area contributed by atoms with Crippen molar-refractivity contribution in [1.82, 2.24) is 15.5 Å². The Morgan fingerprint density at radius 3 is 2.52 bits per heavy atom. The minimum atomic E-state index is -0.272. The fraction of sp³-hybridized carbons (Fsp3) is 0.375. The van der Waals surface area contributed by atoms with Gasteiger partial charge in [-0.2, -0.15) is 5.10 Å². The number of rotatable bonds is 5. The molecule has 0 aliphatic heterocycles. The van der Waals surface area contributed by atoms with Crippen molar-refractivity contribution in [2.75, 3.05) is 19.5 Å². The van der Waals surface area contributed by atoms with Crippen LogP contribution in [0.3, 0.4) is 0 Å². The number of aromatic nitrogens is 2. The van der Waals surface area contributed by atoms with E-state index in [2.05, 4.69) is 20.8 Å². The molecule has 1 aromatic heterocycles. The number of carbonyl (C=O) groups excluding carboxylic acids is 1. The Balaban J connectivity index is 2.36. The number of anilines is 1. The second kappa shape index (κ2) is 7.04. The average Bonchev–Trinajstić information content (AvgIpc) is 2.86. The number of hydrogen-bond donors (Lipinski definition) is 3. The zero-order chi connectivity index (χ0) is 17.0. The maximum atomic E-state index is 12.0. The lowest BCUT2D eigenvalue weighted by atomic mass is 10.1. The Kier molecular flexibility index (Phi) is 5.10. The molecule has 0 aliphatic carbocycles. The number of H-pyrrole nitrogens is 1. The van der Waals surface area contributed by atoms with Crippen LogP contribution in [-0.4, -0.2) is 36.5 Å². The Bertz CT molecular complexity index is 695. The van der Waals surface area contributed by atoms with Gasteiger partial charge in [-0.1, -0.05) is 0 Å². The number of carbonyl (C=O) groups is 1. The van der Waals surface area contributed by atoms with Gasteiger partial charge in [0.15, 0.2) is 11.5 Å². The molecule has 0 fully saturated rings. The second-order valence-corrected chi connectivity index (χ2v) is 5.40. The second-order valence-electron chi connectivity index (χ2n) is 5.40. The third-order valence-corrected chi connectivity index (χ3v) is 3.26. The first-order valence-corrected chi connectivity index (χ1v) is 7.31. The smallest absolute Gasteiger partial charge is 0.319 e. The molecule has 0 saturated carbocycles. The summed E-state index contributed by atoms with van der Waals surface area (Å²) >= 11 is 0. The van der Waals surface area contributed by atoms with Gasteiger partial charge in [-0.25, -0.2) is 4.79 Å². The number of aromatic amines is 1. The number of amides is 2. The van der Waals surface area contributed by atoms with Crippen molar-refractivity contribution in [3.8, 4) is 22.8 Å². The molecule has 0 aliphatic rings. The van der Waals surface area contributed by atoms with Gasteiger partial charge in [0.1, 0.15) is 5.69 Å². The minimum Gasteiger partial charge on any atom is -0.493 e.